The molecule has 1 heterocycles. The van der Waals surface area contributed by atoms with E-state index in [9.17, 15) is 10.2 Å². The first kappa shape index (κ1) is 13.2. The second-order valence-corrected chi connectivity index (χ2v) is 4.90. The normalized spacial score (nSPS) is 21.1. The van der Waals surface area contributed by atoms with Gasteiger partial charge in [-0.05, 0) is 44.4 Å². The fourth-order valence-electron chi connectivity index (χ4n) is 2.40. The topological polar surface area (TPSA) is 61.7 Å². The highest BCUT2D eigenvalue weighted by atomic mass is 16.5. The quantitative estimate of drug-likeness (QED) is 0.750. The van der Waals surface area contributed by atoms with Crippen LogP contribution in [0.4, 0.5) is 0 Å². The Morgan fingerprint density at radius 3 is 2.72 bits per heavy atom. The number of nitrogens with one attached hydrogen (secondary N) is 1. The van der Waals surface area contributed by atoms with Crippen molar-refractivity contribution in [3.05, 3.63) is 23.8 Å². The van der Waals surface area contributed by atoms with Crippen LogP contribution in [0.15, 0.2) is 18.2 Å². The van der Waals surface area contributed by atoms with Crippen LogP contribution in [0.1, 0.15) is 31.4 Å². The molecule has 0 aromatic heterocycles. The highest BCUT2D eigenvalue weighted by Crippen LogP contribution is 2.32. The summed E-state index contributed by atoms with van der Waals surface area (Å²) in [5.41, 5.74) is 0.570. The lowest BCUT2D eigenvalue weighted by Gasteiger charge is -2.17. The summed E-state index contributed by atoms with van der Waals surface area (Å²) in [5.74, 6) is 0.918. The smallest absolute Gasteiger partial charge is 0.124 e. The Morgan fingerprint density at radius 2 is 2.11 bits per heavy atom. The second-order valence-electron chi connectivity index (χ2n) is 4.90. The Morgan fingerprint density at radius 1 is 1.39 bits per heavy atom. The van der Waals surface area contributed by atoms with Crippen LogP contribution in [0.5, 0.6) is 11.5 Å². The van der Waals surface area contributed by atoms with Gasteiger partial charge < -0.3 is 20.3 Å². The van der Waals surface area contributed by atoms with Crippen LogP contribution in [-0.4, -0.2) is 30.0 Å². The average Bonchev–Trinajstić information content (AvgIpc) is 2.82. The fraction of sp³-hybridized carbons (Fsp3) is 0.571. The molecule has 0 aliphatic carbocycles. The van der Waals surface area contributed by atoms with E-state index in [0.717, 1.165) is 32.6 Å². The highest BCUT2D eigenvalue weighted by Gasteiger charge is 2.17. The minimum atomic E-state index is -0.0616. The van der Waals surface area contributed by atoms with Gasteiger partial charge in [0, 0.05) is 19.3 Å². The Balaban J connectivity index is 1.85. The Kier molecular flexibility index (Phi) is 4.44. The fourth-order valence-corrected chi connectivity index (χ4v) is 2.40. The van der Waals surface area contributed by atoms with Gasteiger partial charge in [-0.2, -0.15) is 0 Å². The van der Waals surface area contributed by atoms with Crippen molar-refractivity contribution in [2.45, 2.75) is 25.8 Å². The molecule has 4 heteroatoms. The van der Waals surface area contributed by atoms with Crippen LogP contribution < -0.4 is 5.32 Å². The van der Waals surface area contributed by atoms with Crippen molar-refractivity contribution >= 4 is 0 Å². The molecule has 1 aromatic rings. The van der Waals surface area contributed by atoms with Crippen molar-refractivity contribution in [3.8, 4) is 11.5 Å². The van der Waals surface area contributed by atoms with Crippen LogP contribution in [0.2, 0.25) is 0 Å². The zero-order valence-corrected chi connectivity index (χ0v) is 10.7. The third-order valence-corrected chi connectivity index (χ3v) is 3.52. The van der Waals surface area contributed by atoms with E-state index in [-0.39, 0.29) is 17.5 Å². The zero-order chi connectivity index (χ0) is 13.0. The lowest BCUT2D eigenvalue weighted by Crippen LogP contribution is -2.22. The molecule has 2 rings (SSSR count). The molecule has 18 heavy (non-hydrogen) atoms. The molecule has 0 radical (unpaired) electrons. The predicted octanol–water partition coefficient (Wildman–Crippen LogP) is 2.18. The Labute approximate surface area is 108 Å². The van der Waals surface area contributed by atoms with Gasteiger partial charge >= 0.3 is 0 Å². The molecular formula is C14H21NO3. The summed E-state index contributed by atoms with van der Waals surface area (Å²) < 4.78 is 5.33. The monoisotopic (exact) mass is 251 g/mol. The number of ether oxygens (including phenoxy) is 1. The summed E-state index contributed by atoms with van der Waals surface area (Å²) >= 11 is 0. The average molecular weight is 251 g/mol. The largest absolute Gasteiger partial charge is 0.507 e. The lowest BCUT2D eigenvalue weighted by atomic mass is 10.0. The number of hydrogen-bond donors (Lipinski definition) is 3. The van der Waals surface area contributed by atoms with E-state index in [1.807, 2.05) is 6.92 Å². The first-order valence-corrected chi connectivity index (χ1v) is 6.50. The van der Waals surface area contributed by atoms with Crippen LogP contribution in [0, 0.1) is 5.92 Å². The molecule has 0 bridgehead atoms. The highest BCUT2D eigenvalue weighted by molar-refractivity contribution is 5.44. The number of rotatable bonds is 5. The van der Waals surface area contributed by atoms with Gasteiger partial charge in [-0.1, -0.05) is 6.07 Å². The molecule has 1 saturated heterocycles. The van der Waals surface area contributed by atoms with E-state index in [4.69, 9.17) is 4.74 Å². The van der Waals surface area contributed by atoms with Gasteiger partial charge in [0.25, 0.3) is 0 Å². The molecule has 0 saturated carbocycles. The molecule has 1 aliphatic heterocycles. The third-order valence-electron chi connectivity index (χ3n) is 3.52. The molecular weight excluding hydrogens is 230 g/mol. The van der Waals surface area contributed by atoms with Gasteiger partial charge in [-0.25, -0.2) is 0 Å². The summed E-state index contributed by atoms with van der Waals surface area (Å²) in [6.07, 6.45) is 2.20. The molecule has 4 nitrogen and oxygen atoms in total. The molecule has 0 spiro atoms. The van der Waals surface area contributed by atoms with Gasteiger partial charge in [0.15, 0.2) is 0 Å². The van der Waals surface area contributed by atoms with Crippen molar-refractivity contribution in [3.63, 3.8) is 0 Å². The number of hydrogen-bond acceptors (Lipinski definition) is 4. The van der Waals surface area contributed by atoms with Gasteiger partial charge in [0.2, 0.25) is 0 Å². The van der Waals surface area contributed by atoms with Gasteiger partial charge in [0.1, 0.15) is 11.5 Å². The van der Waals surface area contributed by atoms with Crippen LogP contribution in [0.25, 0.3) is 0 Å². The minimum Gasteiger partial charge on any atom is -0.507 e. The SMILES string of the molecule is CC(NCCC1CCOC1)c1c(O)cccc1O. The van der Waals surface area contributed by atoms with Crippen molar-refractivity contribution < 1.29 is 14.9 Å². The van der Waals surface area contributed by atoms with Crippen molar-refractivity contribution in [2.24, 2.45) is 5.92 Å². The summed E-state index contributed by atoms with van der Waals surface area (Å²) in [4.78, 5) is 0. The van der Waals surface area contributed by atoms with Crippen LogP contribution in [0.3, 0.4) is 0 Å². The molecule has 2 atom stereocenters. The van der Waals surface area contributed by atoms with E-state index >= 15 is 0 Å². The summed E-state index contributed by atoms with van der Waals surface area (Å²) in [6, 6.07) is 4.76. The maximum atomic E-state index is 9.75. The van der Waals surface area contributed by atoms with Crippen molar-refractivity contribution in [1.82, 2.24) is 5.32 Å². The molecule has 1 aromatic carbocycles. The summed E-state index contributed by atoms with van der Waals surface area (Å²) in [5, 5.41) is 22.8. The summed E-state index contributed by atoms with van der Waals surface area (Å²) in [6.45, 7) is 4.54. The van der Waals surface area contributed by atoms with Crippen LogP contribution in [-0.2, 0) is 4.74 Å². The van der Waals surface area contributed by atoms with Crippen molar-refractivity contribution in [2.75, 3.05) is 19.8 Å². The number of phenols is 2. The Hall–Kier alpha value is -1.26. The van der Waals surface area contributed by atoms with E-state index in [1.54, 1.807) is 18.2 Å². The molecule has 3 N–H and O–H groups in total. The van der Waals surface area contributed by atoms with Crippen molar-refractivity contribution in [1.29, 1.82) is 0 Å². The first-order chi connectivity index (χ1) is 8.68. The maximum Gasteiger partial charge on any atom is 0.124 e. The summed E-state index contributed by atoms with van der Waals surface area (Å²) in [7, 11) is 0. The molecule has 0 amide bonds. The van der Waals surface area contributed by atoms with Gasteiger partial charge in [-0.15, -0.1) is 0 Å². The number of aromatic hydroxyl groups is 2. The molecule has 1 fully saturated rings. The van der Waals surface area contributed by atoms with E-state index in [1.165, 1.54) is 0 Å². The Bertz CT molecular complexity index is 368. The minimum absolute atomic E-state index is 0.0616. The standard InChI is InChI=1S/C14H21NO3/c1-10(14-12(16)3-2-4-13(14)17)15-7-5-11-6-8-18-9-11/h2-4,10-11,15-17H,5-9H2,1H3. The first-order valence-electron chi connectivity index (χ1n) is 6.50. The molecule has 2 unspecified atom stereocenters. The van der Waals surface area contributed by atoms with E-state index < -0.39 is 0 Å². The van der Waals surface area contributed by atoms with Crippen LogP contribution >= 0.6 is 0 Å². The number of phenolic OH excluding ortho intramolecular Hbond substituents is 2. The maximum absolute atomic E-state index is 9.75. The van der Waals surface area contributed by atoms with Gasteiger partial charge in [0.05, 0.1) is 5.56 Å². The second kappa shape index (κ2) is 6.07. The zero-order valence-electron chi connectivity index (χ0n) is 10.7. The predicted molar refractivity (Wildman–Crippen MR) is 69.7 cm³/mol. The third kappa shape index (κ3) is 3.15. The molecule has 1 aliphatic rings. The number of benzene rings is 1. The van der Waals surface area contributed by atoms with Gasteiger partial charge in [-0.3, -0.25) is 0 Å². The molecule has 100 valence electrons. The van der Waals surface area contributed by atoms with E-state index in [2.05, 4.69) is 5.32 Å². The van der Waals surface area contributed by atoms with E-state index in [0.29, 0.717) is 11.5 Å². The lowest BCUT2D eigenvalue weighted by molar-refractivity contribution is 0.184.